The summed E-state index contributed by atoms with van der Waals surface area (Å²) in [5.74, 6) is 2.45. The standard InChI is InChI=1S/C11H11ClN2O/c1-8-4-5-9(15-8)7-14-11-10(12)3-2-6-13-11/h2-6H,7H2,1H3,(H,13,14). The van der Waals surface area contributed by atoms with Crippen LogP contribution in [-0.2, 0) is 6.54 Å². The number of pyridine rings is 1. The van der Waals surface area contributed by atoms with Gasteiger partial charge in [-0.25, -0.2) is 4.98 Å². The Labute approximate surface area is 93.1 Å². The third-order valence-corrected chi connectivity index (χ3v) is 2.29. The zero-order valence-electron chi connectivity index (χ0n) is 8.33. The van der Waals surface area contributed by atoms with Gasteiger partial charge in [0.1, 0.15) is 17.3 Å². The fraction of sp³-hybridized carbons (Fsp3) is 0.182. The second-order valence-electron chi connectivity index (χ2n) is 3.20. The van der Waals surface area contributed by atoms with Gasteiger partial charge in [0.2, 0.25) is 0 Å². The molecule has 2 aromatic heterocycles. The van der Waals surface area contributed by atoms with Crippen molar-refractivity contribution in [3.05, 3.63) is 47.0 Å². The number of halogens is 1. The highest BCUT2D eigenvalue weighted by Gasteiger charge is 2.01. The molecule has 3 nitrogen and oxygen atoms in total. The first kappa shape index (κ1) is 10.1. The van der Waals surface area contributed by atoms with Crippen molar-refractivity contribution in [2.24, 2.45) is 0 Å². The summed E-state index contributed by atoms with van der Waals surface area (Å²) in [5, 5.41) is 3.72. The van der Waals surface area contributed by atoms with E-state index < -0.39 is 0 Å². The predicted molar refractivity (Wildman–Crippen MR) is 60.0 cm³/mol. The molecule has 4 heteroatoms. The molecule has 2 aromatic rings. The third kappa shape index (κ3) is 2.50. The second-order valence-corrected chi connectivity index (χ2v) is 3.61. The van der Waals surface area contributed by atoms with Gasteiger partial charge in [-0.3, -0.25) is 0 Å². The maximum Gasteiger partial charge on any atom is 0.145 e. The molecule has 0 aliphatic rings. The highest BCUT2D eigenvalue weighted by atomic mass is 35.5. The Balaban J connectivity index is 2.02. The number of nitrogens with zero attached hydrogens (tertiary/aromatic N) is 1. The van der Waals surface area contributed by atoms with Crippen LogP contribution in [0.15, 0.2) is 34.9 Å². The molecule has 0 fully saturated rings. The normalized spacial score (nSPS) is 10.3. The van der Waals surface area contributed by atoms with E-state index in [2.05, 4.69) is 10.3 Å². The van der Waals surface area contributed by atoms with Gasteiger partial charge in [0, 0.05) is 6.20 Å². The van der Waals surface area contributed by atoms with Gasteiger partial charge < -0.3 is 9.73 Å². The van der Waals surface area contributed by atoms with Crippen LogP contribution in [0, 0.1) is 6.92 Å². The van der Waals surface area contributed by atoms with Gasteiger partial charge in [0.05, 0.1) is 11.6 Å². The first-order chi connectivity index (χ1) is 7.25. The SMILES string of the molecule is Cc1ccc(CNc2ncccc2Cl)o1. The molecule has 0 saturated carbocycles. The fourth-order valence-corrected chi connectivity index (χ4v) is 1.46. The molecule has 0 aliphatic heterocycles. The second kappa shape index (κ2) is 4.36. The molecule has 0 spiro atoms. The zero-order chi connectivity index (χ0) is 10.7. The first-order valence-corrected chi connectivity index (χ1v) is 5.03. The predicted octanol–water partition coefficient (Wildman–Crippen LogP) is 3.25. The minimum Gasteiger partial charge on any atom is -0.465 e. The maximum absolute atomic E-state index is 5.94. The summed E-state index contributed by atoms with van der Waals surface area (Å²) in [6, 6.07) is 7.45. The molecular weight excluding hydrogens is 212 g/mol. The molecule has 0 atom stereocenters. The molecule has 78 valence electrons. The smallest absolute Gasteiger partial charge is 0.145 e. The number of hydrogen-bond acceptors (Lipinski definition) is 3. The molecule has 1 N–H and O–H groups in total. The summed E-state index contributed by atoms with van der Waals surface area (Å²) in [6.07, 6.45) is 1.70. The lowest BCUT2D eigenvalue weighted by atomic mass is 10.4. The number of nitrogens with one attached hydrogen (secondary N) is 1. The van der Waals surface area contributed by atoms with Crippen LogP contribution in [-0.4, -0.2) is 4.98 Å². The van der Waals surface area contributed by atoms with Crippen molar-refractivity contribution in [2.45, 2.75) is 13.5 Å². The number of rotatable bonds is 3. The van der Waals surface area contributed by atoms with E-state index in [-0.39, 0.29) is 0 Å². The lowest BCUT2D eigenvalue weighted by molar-refractivity contribution is 0.490. The Kier molecular flexibility index (Phi) is 2.92. The molecule has 2 heterocycles. The van der Waals surface area contributed by atoms with Crippen LogP contribution < -0.4 is 5.32 Å². The summed E-state index contributed by atoms with van der Waals surface area (Å²) < 4.78 is 5.41. The average molecular weight is 223 g/mol. The van der Waals surface area contributed by atoms with Crippen LogP contribution >= 0.6 is 11.6 Å². The molecule has 2 rings (SSSR count). The molecular formula is C11H11ClN2O. The summed E-state index contributed by atoms with van der Waals surface area (Å²) in [4.78, 5) is 4.12. The van der Waals surface area contributed by atoms with E-state index in [1.165, 1.54) is 0 Å². The summed E-state index contributed by atoms with van der Waals surface area (Å²) in [5.41, 5.74) is 0. The van der Waals surface area contributed by atoms with Crippen molar-refractivity contribution in [3.8, 4) is 0 Å². The van der Waals surface area contributed by atoms with Gasteiger partial charge in [-0.2, -0.15) is 0 Å². The monoisotopic (exact) mass is 222 g/mol. The van der Waals surface area contributed by atoms with E-state index >= 15 is 0 Å². The quantitative estimate of drug-likeness (QED) is 0.867. The summed E-state index contributed by atoms with van der Waals surface area (Å²) in [6.45, 7) is 2.50. The number of anilines is 1. The Morgan fingerprint density at radius 2 is 2.27 bits per heavy atom. The Hall–Kier alpha value is -1.48. The molecule has 0 amide bonds. The van der Waals surface area contributed by atoms with E-state index in [1.807, 2.05) is 19.1 Å². The molecule has 0 bridgehead atoms. The average Bonchev–Trinajstić information content (AvgIpc) is 2.63. The van der Waals surface area contributed by atoms with Gasteiger partial charge >= 0.3 is 0 Å². The van der Waals surface area contributed by atoms with Gasteiger partial charge in [-0.05, 0) is 31.2 Å². The van der Waals surface area contributed by atoms with Gasteiger partial charge in [0.15, 0.2) is 0 Å². The minimum atomic E-state index is 0.588. The molecule has 0 aliphatic carbocycles. The van der Waals surface area contributed by atoms with Crippen molar-refractivity contribution in [1.29, 1.82) is 0 Å². The molecule has 0 unspecified atom stereocenters. The van der Waals surface area contributed by atoms with E-state index in [9.17, 15) is 0 Å². The Bertz CT molecular complexity index is 453. The van der Waals surface area contributed by atoms with Crippen LogP contribution in [0.5, 0.6) is 0 Å². The van der Waals surface area contributed by atoms with E-state index in [4.69, 9.17) is 16.0 Å². The van der Waals surface area contributed by atoms with Crippen molar-refractivity contribution in [1.82, 2.24) is 4.98 Å². The minimum absolute atomic E-state index is 0.588. The highest BCUT2D eigenvalue weighted by Crippen LogP contribution is 2.18. The van der Waals surface area contributed by atoms with Crippen LogP contribution in [0.2, 0.25) is 5.02 Å². The molecule has 15 heavy (non-hydrogen) atoms. The maximum atomic E-state index is 5.94. The van der Waals surface area contributed by atoms with Crippen molar-refractivity contribution >= 4 is 17.4 Å². The van der Waals surface area contributed by atoms with Crippen molar-refractivity contribution in [3.63, 3.8) is 0 Å². The molecule has 0 saturated heterocycles. The topological polar surface area (TPSA) is 38.1 Å². The number of aryl methyl sites for hydroxylation is 1. The number of hydrogen-bond donors (Lipinski definition) is 1. The zero-order valence-corrected chi connectivity index (χ0v) is 9.08. The van der Waals surface area contributed by atoms with Gasteiger partial charge in [-0.15, -0.1) is 0 Å². The Morgan fingerprint density at radius 3 is 2.93 bits per heavy atom. The van der Waals surface area contributed by atoms with Crippen molar-refractivity contribution in [2.75, 3.05) is 5.32 Å². The fourth-order valence-electron chi connectivity index (χ4n) is 1.27. The van der Waals surface area contributed by atoms with E-state index in [0.717, 1.165) is 11.5 Å². The molecule has 0 radical (unpaired) electrons. The van der Waals surface area contributed by atoms with Crippen LogP contribution in [0.1, 0.15) is 11.5 Å². The Morgan fingerprint density at radius 1 is 1.40 bits per heavy atom. The third-order valence-electron chi connectivity index (χ3n) is 1.98. The number of furan rings is 1. The first-order valence-electron chi connectivity index (χ1n) is 4.65. The van der Waals surface area contributed by atoms with Gasteiger partial charge in [0.25, 0.3) is 0 Å². The lowest BCUT2D eigenvalue weighted by Gasteiger charge is -2.04. The number of aromatic nitrogens is 1. The van der Waals surface area contributed by atoms with E-state index in [0.29, 0.717) is 17.4 Å². The summed E-state index contributed by atoms with van der Waals surface area (Å²) >= 11 is 5.94. The van der Waals surface area contributed by atoms with Crippen LogP contribution in [0.4, 0.5) is 5.82 Å². The van der Waals surface area contributed by atoms with Crippen molar-refractivity contribution < 1.29 is 4.42 Å². The van der Waals surface area contributed by atoms with Crippen LogP contribution in [0.3, 0.4) is 0 Å². The van der Waals surface area contributed by atoms with Gasteiger partial charge in [-0.1, -0.05) is 11.6 Å². The highest BCUT2D eigenvalue weighted by molar-refractivity contribution is 6.32. The van der Waals surface area contributed by atoms with E-state index in [1.54, 1.807) is 18.3 Å². The summed E-state index contributed by atoms with van der Waals surface area (Å²) in [7, 11) is 0. The largest absolute Gasteiger partial charge is 0.465 e. The van der Waals surface area contributed by atoms with Crippen LogP contribution in [0.25, 0.3) is 0 Å². The lowest BCUT2D eigenvalue weighted by Crippen LogP contribution is -2.00. The molecule has 0 aromatic carbocycles.